The molecule has 0 radical (unpaired) electrons. The van der Waals surface area contributed by atoms with Crippen LogP contribution in [0.1, 0.15) is 13.3 Å². The summed E-state index contributed by atoms with van der Waals surface area (Å²) in [5, 5.41) is 16.8. The number of benzene rings is 1. The van der Waals surface area contributed by atoms with Crippen molar-refractivity contribution in [1.82, 2.24) is 0 Å². The highest BCUT2D eigenvalue weighted by Crippen LogP contribution is 2.10. The molecule has 0 spiro atoms. The van der Waals surface area contributed by atoms with E-state index in [-0.39, 0.29) is 5.57 Å². The number of carbonyl (C=O) groups is 1. The third-order valence-electron chi connectivity index (χ3n) is 1.56. The van der Waals surface area contributed by atoms with Crippen LogP contribution in [0.4, 0.5) is 0 Å². The molecule has 0 amide bonds. The van der Waals surface area contributed by atoms with Gasteiger partial charge in [-0.3, -0.25) is 0 Å². The lowest BCUT2D eigenvalue weighted by Crippen LogP contribution is -1.95. The Balaban J connectivity index is 0.000000265. The predicted molar refractivity (Wildman–Crippen MR) is 67.9 cm³/mol. The molecule has 0 unspecified atom stereocenters. The van der Waals surface area contributed by atoms with E-state index in [0.717, 1.165) is 3.57 Å². The summed E-state index contributed by atoms with van der Waals surface area (Å²) in [4.78, 5) is 9.83. The summed E-state index contributed by atoms with van der Waals surface area (Å²) in [6, 6.07) is 7.05. The Morgan fingerprint density at radius 3 is 2.07 bits per heavy atom. The first-order valence-electron chi connectivity index (χ1n) is 4.33. The molecule has 0 atom stereocenters. The van der Waals surface area contributed by atoms with Gasteiger partial charge in [-0.15, -0.1) is 0 Å². The Hall–Kier alpha value is -1.04. The fourth-order valence-corrected chi connectivity index (χ4v) is 0.952. The SMILES string of the molecule is C=C(CC)C(=O)O.Oc1ccc(I)cc1. The van der Waals surface area contributed by atoms with Gasteiger partial charge in [0.15, 0.2) is 0 Å². The van der Waals surface area contributed by atoms with Crippen molar-refractivity contribution in [3.05, 3.63) is 40.0 Å². The predicted octanol–water partition coefficient (Wildman–Crippen LogP) is 3.03. The molecule has 15 heavy (non-hydrogen) atoms. The molecular weight excluding hydrogens is 307 g/mol. The van der Waals surface area contributed by atoms with Crippen molar-refractivity contribution >= 4 is 28.6 Å². The van der Waals surface area contributed by atoms with Gasteiger partial charge < -0.3 is 10.2 Å². The van der Waals surface area contributed by atoms with E-state index in [0.29, 0.717) is 12.2 Å². The van der Waals surface area contributed by atoms with E-state index in [4.69, 9.17) is 10.2 Å². The number of hydrogen-bond donors (Lipinski definition) is 2. The summed E-state index contributed by atoms with van der Waals surface area (Å²) in [6.07, 6.45) is 0.523. The van der Waals surface area contributed by atoms with Crippen molar-refractivity contribution in [2.45, 2.75) is 13.3 Å². The number of rotatable bonds is 2. The summed E-state index contributed by atoms with van der Waals surface area (Å²) in [5.74, 6) is -0.576. The lowest BCUT2D eigenvalue weighted by Gasteiger charge is -1.87. The first-order chi connectivity index (χ1) is 6.97. The molecule has 3 nitrogen and oxygen atoms in total. The fourth-order valence-electron chi connectivity index (χ4n) is 0.592. The lowest BCUT2D eigenvalue weighted by molar-refractivity contribution is -0.132. The number of aromatic hydroxyl groups is 1. The van der Waals surface area contributed by atoms with Gasteiger partial charge in [0.2, 0.25) is 0 Å². The minimum Gasteiger partial charge on any atom is -0.508 e. The second-order valence-electron chi connectivity index (χ2n) is 2.74. The highest BCUT2D eigenvalue weighted by molar-refractivity contribution is 14.1. The monoisotopic (exact) mass is 320 g/mol. The first kappa shape index (κ1) is 14.0. The molecule has 0 saturated heterocycles. The summed E-state index contributed by atoms with van der Waals surface area (Å²) >= 11 is 2.19. The van der Waals surface area contributed by atoms with E-state index in [2.05, 4.69) is 29.2 Å². The van der Waals surface area contributed by atoms with E-state index in [9.17, 15) is 4.79 Å². The van der Waals surface area contributed by atoms with Crippen molar-refractivity contribution in [1.29, 1.82) is 0 Å². The number of carboxylic acid groups (broad SMARTS) is 1. The molecule has 2 N–H and O–H groups in total. The average molecular weight is 320 g/mol. The second-order valence-corrected chi connectivity index (χ2v) is 3.98. The Morgan fingerprint density at radius 1 is 1.40 bits per heavy atom. The zero-order valence-electron chi connectivity index (χ0n) is 8.40. The number of hydrogen-bond acceptors (Lipinski definition) is 2. The highest BCUT2D eigenvalue weighted by Gasteiger charge is 1.96. The molecule has 0 aliphatic rings. The van der Waals surface area contributed by atoms with Gasteiger partial charge >= 0.3 is 5.97 Å². The van der Waals surface area contributed by atoms with Crippen molar-refractivity contribution < 1.29 is 15.0 Å². The molecule has 0 aliphatic heterocycles. The smallest absolute Gasteiger partial charge is 0.330 e. The zero-order valence-corrected chi connectivity index (χ0v) is 10.6. The van der Waals surface area contributed by atoms with Crippen LogP contribution in [0.3, 0.4) is 0 Å². The molecule has 82 valence electrons. The van der Waals surface area contributed by atoms with Gasteiger partial charge in [-0.1, -0.05) is 13.5 Å². The number of phenolic OH excluding ortho intramolecular Hbond substituents is 1. The van der Waals surface area contributed by atoms with Gasteiger partial charge in [0, 0.05) is 9.14 Å². The lowest BCUT2D eigenvalue weighted by atomic mass is 10.2. The van der Waals surface area contributed by atoms with Crippen LogP contribution in [0.25, 0.3) is 0 Å². The number of aliphatic carboxylic acids is 1. The number of halogens is 1. The minimum absolute atomic E-state index is 0.264. The van der Waals surface area contributed by atoms with Gasteiger partial charge in [-0.2, -0.15) is 0 Å². The molecule has 0 fully saturated rings. The van der Waals surface area contributed by atoms with Gasteiger partial charge in [-0.05, 0) is 53.3 Å². The Labute approximate surface area is 103 Å². The molecule has 0 bridgehead atoms. The number of phenols is 1. The molecule has 0 aliphatic carbocycles. The van der Waals surface area contributed by atoms with E-state index in [1.165, 1.54) is 0 Å². The molecular formula is C11H13IO3. The van der Waals surface area contributed by atoms with Crippen molar-refractivity contribution in [3.63, 3.8) is 0 Å². The minimum atomic E-state index is -0.900. The summed E-state index contributed by atoms with van der Waals surface area (Å²) in [6.45, 7) is 5.03. The summed E-state index contributed by atoms with van der Waals surface area (Å²) in [5.41, 5.74) is 0.264. The largest absolute Gasteiger partial charge is 0.508 e. The van der Waals surface area contributed by atoms with Crippen LogP contribution in [0.2, 0.25) is 0 Å². The van der Waals surface area contributed by atoms with Crippen molar-refractivity contribution in [2.75, 3.05) is 0 Å². The molecule has 1 rings (SSSR count). The van der Waals surface area contributed by atoms with E-state index in [1.807, 2.05) is 12.1 Å². The van der Waals surface area contributed by atoms with E-state index >= 15 is 0 Å². The third kappa shape index (κ3) is 6.96. The van der Waals surface area contributed by atoms with Gasteiger partial charge in [0.05, 0.1) is 0 Å². The Morgan fingerprint density at radius 2 is 1.87 bits per heavy atom. The maximum atomic E-state index is 9.83. The molecule has 1 aromatic carbocycles. The summed E-state index contributed by atoms with van der Waals surface area (Å²) < 4.78 is 1.14. The number of carboxylic acids is 1. The zero-order chi connectivity index (χ0) is 11.8. The Bertz CT molecular complexity index is 309. The molecule has 4 heteroatoms. The maximum Gasteiger partial charge on any atom is 0.330 e. The quantitative estimate of drug-likeness (QED) is 0.650. The van der Waals surface area contributed by atoms with Crippen LogP contribution >= 0.6 is 22.6 Å². The van der Waals surface area contributed by atoms with Crippen LogP contribution in [-0.2, 0) is 4.79 Å². The normalized spacial score (nSPS) is 8.67. The average Bonchev–Trinajstić information content (AvgIpc) is 2.22. The van der Waals surface area contributed by atoms with E-state index < -0.39 is 5.97 Å². The fraction of sp³-hybridized carbons (Fsp3) is 0.182. The van der Waals surface area contributed by atoms with Crippen LogP contribution in [-0.4, -0.2) is 16.2 Å². The molecule has 0 saturated carbocycles. The highest BCUT2D eigenvalue weighted by atomic mass is 127. The Kier molecular flexibility index (Phi) is 6.77. The van der Waals surface area contributed by atoms with Crippen molar-refractivity contribution in [2.24, 2.45) is 0 Å². The van der Waals surface area contributed by atoms with Crippen LogP contribution in [0.5, 0.6) is 5.75 Å². The van der Waals surface area contributed by atoms with Gasteiger partial charge in [0.1, 0.15) is 5.75 Å². The first-order valence-corrected chi connectivity index (χ1v) is 5.40. The molecule has 0 aromatic heterocycles. The van der Waals surface area contributed by atoms with Crippen molar-refractivity contribution in [3.8, 4) is 5.75 Å². The summed E-state index contributed by atoms with van der Waals surface area (Å²) in [7, 11) is 0. The second kappa shape index (κ2) is 7.28. The van der Waals surface area contributed by atoms with Crippen LogP contribution < -0.4 is 0 Å². The van der Waals surface area contributed by atoms with Crippen LogP contribution in [0.15, 0.2) is 36.4 Å². The van der Waals surface area contributed by atoms with Gasteiger partial charge in [-0.25, -0.2) is 4.79 Å². The standard InChI is InChI=1S/C6H5IO.C5H8O2/c7-5-1-3-6(8)4-2-5;1-3-4(2)5(6)7/h1-4,8H;2-3H2,1H3,(H,6,7). The maximum absolute atomic E-state index is 9.83. The third-order valence-corrected chi connectivity index (χ3v) is 2.28. The molecule has 1 aromatic rings. The molecule has 0 heterocycles. The van der Waals surface area contributed by atoms with Crippen LogP contribution in [0, 0.1) is 3.57 Å². The topological polar surface area (TPSA) is 57.5 Å². The van der Waals surface area contributed by atoms with Gasteiger partial charge in [0.25, 0.3) is 0 Å². The van der Waals surface area contributed by atoms with E-state index in [1.54, 1.807) is 19.1 Å².